The second-order valence-electron chi connectivity index (χ2n) is 11.5. The lowest BCUT2D eigenvalue weighted by molar-refractivity contribution is -0.125. The van der Waals surface area contributed by atoms with E-state index in [1.54, 1.807) is 34.1 Å². The van der Waals surface area contributed by atoms with E-state index in [2.05, 4.69) is 22.3 Å². The van der Waals surface area contributed by atoms with E-state index < -0.39 is 11.4 Å². The Balaban J connectivity index is 1.31. The minimum absolute atomic E-state index is 0.0472. The van der Waals surface area contributed by atoms with Gasteiger partial charge >= 0.3 is 0 Å². The van der Waals surface area contributed by atoms with Gasteiger partial charge in [-0.15, -0.1) is 0 Å². The van der Waals surface area contributed by atoms with Crippen molar-refractivity contribution in [3.63, 3.8) is 0 Å². The van der Waals surface area contributed by atoms with Crippen molar-refractivity contribution < 1.29 is 19.1 Å². The highest BCUT2D eigenvalue weighted by Gasteiger charge is 2.52. The molecule has 1 aliphatic heterocycles. The van der Waals surface area contributed by atoms with Crippen molar-refractivity contribution in [3.05, 3.63) is 59.8 Å². The van der Waals surface area contributed by atoms with Crippen molar-refractivity contribution in [1.29, 1.82) is 0 Å². The van der Waals surface area contributed by atoms with E-state index in [0.717, 1.165) is 24.9 Å². The van der Waals surface area contributed by atoms with Gasteiger partial charge in [-0.25, -0.2) is 9.37 Å². The molecule has 3 aromatic rings. The lowest BCUT2D eigenvalue weighted by atomic mass is 9.83. The van der Waals surface area contributed by atoms with Gasteiger partial charge < -0.3 is 15.3 Å². The van der Waals surface area contributed by atoms with Gasteiger partial charge in [0.05, 0.1) is 30.2 Å². The molecule has 1 atom stereocenters. The van der Waals surface area contributed by atoms with Crippen LogP contribution in [0.4, 0.5) is 15.9 Å². The number of pyridine rings is 1. The molecule has 1 saturated heterocycles. The second kappa shape index (κ2) is 9.62. The SMILES string of the molecule is Cc1cc(N2CC[C@@](C)(C3CC3)C2=O)cc(NC(=O)Cc2cc(F)cc(-c3cnn(C(C)(C)CO)c3)c2)n1. The number of anilines is 2. The number of rotatable bonds is 8. The minimum atomic E-state index is -0.593. The fraction of sp³-hybridized carbons (Fsp3) is 0.448. The molecule has 2 fully saturated rings. The number of aromatic nitrogens is 3. The Kier molecular flexibility index (Phi) is 6.59. The van der Waals surface area contributed by atoms with E-state index in [1.165, 1.54) is 12.1 Å². The summed E-state index contributed by atoms with van der Waals surface area (Å²) < 4.78 is 16.1. The van der Waals surface area contributed by atoms with Crippen molar-refractivity contribution in [3.8, 4) is 11.1 Å². The molecule has 8 nitrogen and oxygen atoms in total. The molecule has 0 unspecified atom stereocenters. The van der Waals surface area contributed by atoms with Crippen molar-refractivity contribution in [2.75, 3.05) is 23.4 Å². The smallest absolute Gasteiger partial charge is 0.233 e. The molecule has 1 aromatic carbocycles. The highest BCUT2D eigenvalue weighted by Crippen LogP contribution is 2.52. The Labute approximate surface area is 221 Å². The van der Waals surface area contributed by atoms with Gasteiger partial charge in [0.1, 0.15) is 11.6 Å². The van der Waals surface area contributed by atoms with Crippen LogP contribution in [0.1, 0.15) is 51.3 Å². The second-order valence-corrected chi connectivity index (χ2v) is 11.5. The van der Waals surface area contributed by atoms with Gasteiger partial charge in [0.25, 0.3) is 0 Å². The topological polar surface area (TPSA) is 100 Å². The quantitative estimate of drug-likeness (QED) is 0.458. The van der Waals surface area contributed by atoms with Crippen LogP contribution in [0.3, 0.4) is 0 Å². The van der Waals surface area contributed by atoms with Gasteiger partial charge in [-0.3, -0.25) is 14.3 Å². The summed E-state index contributed by atoms with van der Waals surface area (Å²) in [5.41, 5.74) is 2.32. The Morgan fingerprint density at radius 1 is 1.21 bits per heavy atom. The third-order valence-corrected chi connectivity index (χ3v) is 7.83. The summed E-state index contributed by atoms with van der Waals surface area (Å²) in [4.78, 5) is 32.4. The molecule has 9 heteroatoms. The molecule has 38 heavy (non-hydrogen) atoms. The Morgan fingerprint density at radius 2 is 1.97 bits per heavy atom. The molecule has 2 N–H and O–H groups in total. The number of hydrogen-bond donors (Lipinski definition) is 2. The molecule has 0 radical (unpaired) electrons. The van der Waals surface area contributed by atoms with Crippen molar-refractivity contribution in [1.82, 2.24) is 14.8 Å². The van der Waals surface area contributed by atoms with Crippen LogP contribution in [0.15, 0.2) is 42.7 Å². The Bertz CT molecular complexity index is 1400. The Morgan fingerprint density at radius 3 is 2.68 bits per heavy atom. The number of hydrogen-bond acceptors (Lipinski definition) is 5. The van der Waals surface area contributed by atoms with Crippen molar-refractivity contribution >= 4 is 23.3 Å². The number of aliphatic hydroxyl groups is 1. The molecule has 3 heterocycles. The van der Waals surface area contributed by atoms with Crippen LogP contribution in [0.2, 0.25) is 0 Å². The van der Waals surface area contributed by atoms with Crippen LogP contribution in [0.5, 0.6) is 0 Å². The fourth-order valence-electron chi connectivity index (χ4n) is 5.24. The summed E-state index contributed by atoms with van der Waals surface area (Å²) in [6.45, 7) is 8.15. The zero-order chi connectivity index (χ0) is 27.2. The fourth-order valence-corrected chi connectivity index (χ4v) is 5.24. The third-order valence-electron chi connectivity index (χ3n) is 7.83. The predicted octanol–water partition coefficient (Wildman–Crippen LogP) is 4.45. The number of amides is 2. The summed E-state index contributed by atoms with van der Waals surface area (Å²) >= 11 is 0. The maximum Gasteiger partial charge on any atom is 0.233 e. The van der Waals surface area contributed by atoms with Gasteiger partial charge in [-0.1, -0.05) is 13.0 Å². The van der Waals surface area contributed by atoms with E-state index in [1.807, 2.05) is 26.8 Å². The zero-order valence-electron chi connectivity index (χ0n) is 22.3. The molecule has 5 rings (SSSR count). The van der Waals surface area contributed by atoms with Crippen LogP contribution in [-0.4, -0.2) is 44.8 Å². The Hall–Kier alpha value is -3.59. The molecule has 2 aliphatic rings. The number of nitrogens with one attached hydrogen (secondary N) is 1. The number of carbonyl (C=O) groups excluding carboxylic acids is 2. The highest BCUT2D eigenvalue weighted by atomic mass is 19.1. The molecule has 0 spiro atoms. The summed E-state index contributed by atoms with van der Waals surface area (Å²) in [5.74, 6) is 0.177. The monoisotopic (exact) mass is 519 g/mol. The molecular weight excluding hydrogens is 485 g/mol. The van der Waals surface area contributed by atoms with E-state index in [4.69, 9.17) is 0 Å². The standard InChI is InChI=1S/C29H34FN5O3/c1-18-9-24(34-8-7-29(4,27(34)38)22-5-6-22)14-25(32-18)33-26(37)12-19-10-20(13-23(30)11-19)21-15-31-35(16-21)28(2,3)17-36/h9-11,13-16,22,36H,5-8,12,17H2,1-4H3,(H,32,33,37)/t29-/m0/s1. The summed E-state index contributed by atoms with van der Waals surface area (Å²) in [6, 6.07) is 8.08. The molecule has 0 bridgehead atoms. The van der Waals surface area contributed by atoms with E-state index in [-0.39, 0.29) is 30.3 Å². The van der Waals surface area contributed by atoms with Gasteiger partial charge in [0, 0.05) is 35.8 Å². The summed E-state index contributed by atoms with van der Waals surface area (Å²) in [7, 11) is 0. The van der Waals surface area contributed by atoms with E-state index in [0.29, 0.717) is 40.7 Å². The average molecular weight is 520 g/mol. The lowest BCUT2D eigenvalue weighted by Gasteiger charge is -2.23. The molecule has 200 valence electrons. The predicted molar refractivity (Wildman–Crippen MR) is 143 cm³/mol. The summed E-state index contributed by atoms with van der Waals surface area (Å²) in [5, 5.41) is 16.7. The first-order valence-corrected chi connectivity index (χ1v) is 13.0. The number of aryl methyl sites for hydroxylation is 1. The van der Waals surface area contributed by atoms with Gasteiger partial charge in [0.15, 0.2) is 0 Å². The van der Waals surface area contributed by atoms with Crippen LogP contribution in [-0.2, 0) is 21.5 Å². The number of nitrogens with zero attached hydrogens (tertiary/aromatic N) is 4. The van der Waals surface area contributed by atoms with Crippen LogP contribution < -0.4 is 10.2 Å². The van der Waals surface area contributed by atoms with E-state index in [9.17, 15) is 19.1 Å². The molecular formula is C29H34FN5O3. The number of carbonyl (C=O) groups is 2. The number of benzene rings is 1. The normalized spacial score (nSPS) is 19.7. The van der Waals surface area contributed by atoms with Crippen molar-refractivity contribution in [2.24, 2.45) is 11.3 Å². The molecule has 1 saturated carbocycles. The molecule has 1 aliphatic carbocycles. The maximum atomic E-state index is 14.5. The molecule has 2 amide bonds. The largest absolute Gasteiger partial charge is 0.394 e. The van der Waals surface area contributed by atoms with Gasteiger partial charge in [0.2, 0.25) is 11.8 Å². The first-order chi connectivity index (χ1) is 18.0. The minimum Gasteiger partial charge on any atom is -0.394 e. The van der Waals surface area contributed by atoms with E-state index >= 15 is 0 Å². The highest BCUT2D eigenvalue weighted by molar-refractivity contribution is 6.01. The first kappa shape index (κ1) is 26.0. The van der Waals surface area contributed by atoms with Gasteiger partial charge in [-0.05, 0) is 75.3 Å². The maximum absolute atomic E-state index is 14.5. The average Bonchev–Trinajstić information content (AvgIpc) is 3.50. The zero-order valence-corrected chi connectivity index (χ0v) is 22.3. The van der Waals surface area contributed by atoms with Crippen molar-refractivity contribution in [2.45, 2.75) is 58.9 Å². The number of halogens is 1. The van der Waals surface area contributed by atoms with Crippen LogP contribution in [0, 0.1) is 24.1 Å². The van der Waals surface area contributed by atoms with Crippen LogP contribution in [0.25, 0.3) is 11.1 Å². The summed E-state index contributed by atoms with van der Waals surface area (Å²) in [6.07, 6.45) is 6.37. The lowest BCUT2D eigenvalue weighted by Crippen LogP contribution is -2.34. The number of aliphatic hydroxyl groups excluding tert-OH is 1. The first-order valence-electron chi connectivity index (χ1n) is 13.0. The molecule has 2 aromatic heterocycles. The van der Waals surface area contributed by atoms with Crippen LogP contribution >= 0.6 is 0 Å². The third kappa shape index (κ3) is 5.07. The van der Waals surface area contributed by atoms with Gasteiger partial charge in [-0.2, -0.15) is 5.10 Å².